The number of phenols is 2. The number of phenolic OH excluding ortho intramolecular Hbond substituents is 2. The molecule has 4 rings (SSSR count). The molecule has 4 aromatic rings. The molecule has 0 aliphatic heterocycles. The minimum Gasteiger partial charge on any atom is -0.508 e. The molecular formula is C27H25NO5S. The molecule has 3 aromatic carbocycles. The minimum atomic E-state index is -0.131. The molecule has 1 aromatic heterocycles. The molecule has 0 aliphatic rings. The van der Waals surface area contributed by atoms with E-state index in [-0.39, 0.29) is 23.2 Å². The molecule has 1 amide bonds. The number of ether oxygens (including phenoxy) is 1. The Hall–Kier alpha value is -3.84. The molecule has 0 aliphatic carbocycles. The summed E-state index contributed by atoms with van der Waals surface area (Å²) in [4.78, 5) is 25.6. The third kappa shape index (κ3) is 5.21. The monoisotopic (exact) mass is 475 g/mol. The van der Waals surface area contributed by atoms with Gasteiger partial charge in [-0.3, -0.25) is 9.59 Å². The minimum absolute atomic E-state index is 0.0192. The molecule has 6 nitrogen and oxygen atoms in total. The van der Waals surface area contributed by atoms with E-state index < -0.39 is 0 Å². The van der Waals surface area contributed by atoms with Crippen LogP contribution in [-0.4, -0.2) is 35.1 Å². The van der Waals surface area contributed by atoms with Gasteiger partial charge < -0.3 is 20.3 Å². The van der Waals surface area contributed by atoms with Gasteiger partial charge in [0.05, 0.1) is 6.61 Å². The summed E-state index contributed by atoms with van der Waals surface area (Å²) in [6, 6.07) is 18.7. The number of carbonyl (C=O) groups excluding carboxylic acids is 2. The molecular weight excluding hydrogens is 450 g/mol. The summed E-state index contributed by atoms with van der Waals surface area (Å²) in [5, 5.41) is 23.2. The highest BCUT2D eigenvalue weighted by atomic mass is 32.1. The number of amides is 1. The first-order valence-electron chi connectivity index (χ1n) is 11.1. The Morgan fingerprint density at radius 3 is 2.35 bits per heavy atom. The molecule has 0 bridgehead atoms. The lowest BCUT2D eigenvalue weighted by atomic mass is 9.97. The van der Waals surface area contributed by atoms with Crippen molar-refractivity contribution in [1.82, 2.24) is 5.32 Å². The van der Waals surface area contributed by atoms with Crippen LogP contribution in [0.3, 0.4) is 0 Å². The number of aromatic hydroxyl groups is 2. The Balaban J connectivity index is 1.56. The smallest absolute Gasteiger partial charge is 0.219 e. The maximum absolute atomic E-state index is 13.6. The summed E-state index contributed by atoms with van der Waals surface area (Å²) in [5.74, 6) is 0.830. The summed E-state index contributed by atoms with van der Waals surface area (Å²) < 4.78 is 6.53. The van der Waals surface area contributed by atoms with E-state index in [0.717, 1.165) is 20.5 Å². The predicted molar refractivity (Wildman–Crippen MR) is 134 cm³/mol. The Bertz CT molecular complexity index is 1310. The number of fused-ring (bicyclic) bond motifs is 1. The van der Waals surface area contributed by atoms with Crippen LogP contribution in [0.15, 0.2) is 66.7 Å². The molecule has 1 heterocycles. The van der Waals surface area contributed by atoms with E-state index in [1.165, 1.54) is 11.3 Å². The summed E-state index contributed by atoms with van der Waals surface area (Å²) in [5.41, 5.74) is 1.90. The number of ketones is 1. The van der Waals surface area contributed by atoms with Crippen LogP contribution in [0.5, 0.6) is 17.2 Å². The van der Waals surface area contributed by atoms with Crippen molar-refractivity contribution in [3.63, 3.8) is 0 Å². The lowest BCUT2D eigenvalue weighted by molar-refractivity contribution is -0.120. The number of hydrogen-bond donors (Lipinski definition) is 3. The van der Waals surface area contributed by atoms with Crippen molar-refractivity contribution in [3.8, 4) is 27.7 Å². The Morgan fingerprint density at radius 1 is 0.941 bits per heavy atom. The fraction of sp³-hybridized carbons (Fsp3) is 0.185. The van der Waals surface area contributed by atoms with Gasteiger partial charge in [0.2, 0.25) is 5.91 Å². The van der Waals surface area contributed by atoms with Gasteiger partial charge in [-0.05, 0) is 78.7 Å². The first-order chi connectivity index (χ1) is 16.5. The average molecular weight is 476 g/mol. The molecule has 0 unspecified atom stereocenters. The molecule has 0 spiro atoms. The van der Waals surface area contributed by atoms with E-state index in [1.807, 2.05) is 6.92 Å². The van der Waals surface area contributed by atoms with Crippen molar-refractivity contribution < 1.29 is 24.5 Å². The highest BCUT2D eigenvalue weighted by Gasteiger charge is 2.22. The molecule has 0 radical (unpaired) electrons. The molecule has 3 N–H and O–H groups in total. The standard InChI is InChI=1S/C27H25NO5S/c1-2-24(31)28-14-3-15-33-21-11-6-17(7-12-21)26(32)25-22-13-10-20(30)16-23(22)34-27(25)18-4-8-19(29)9-5-18/h4-13,16,29-30H,2-3,14-15H2,1H3,(H,28,31). The second-order valence-electron chi connectivity index (χ2n) is 7.79. The highest BCUT2D eigenvalue weighted by Crippen LogP contribution is 2.41. The lowest BCUT2D eigenvalue weighted by Crippen LogP contribution is -2.24. The number of benzene rings is 3. The van der Waals surface area contributed by atoms with Crippen LogP contribution < -0.4 is 10.1 Å². The first-order valence-corrected chi connectivity index (χ1v) is 11.9. The topological polar surface area (TPSA) is 95.9 Å². The fourth-order valence-corrected chi connectivity index (χ4v) is 4.83. The van der Waals surface area contributed by atoms with Gasteiger partial charge in [-0.25, -0.2) is 0 Å². The number of hydrogen-bond acceptors (Lipinski definition) is 6. The molecule has 7 heteroatoms. The number of nitrogens with one attached hydrogen (secondary N) is 1. The normalized spacial score (nSPS) is 10.9. The Kier molecular flexibility index (Phi) is 7.13. The van der Waals surface area contributed by atoms with Crippen molar-refractivity contribution in [1.29, 1.82) is 0 Å². The summed E-state index contributed by atoms with van der Waals surface area (Å²) in [6.07, 6.45) is 1.15. The van der Waals surface area contributed by atoms with Crippen LogP contribution in [0.2, 0.25) is 0 Å². The molecule has 0 saturated carbocycles. The van der Waals surface area contributed by atoms with E-state index >= 15 is 0 Å². The summed E-state index contributed by atoms with van der Waals surface area (Å²) >= 11 is 1.43. The van der Waals surface area contributed by atoms with Crippen LogP contribution >= 0.6 is 11.3 Å². The van der Waals surface area contributed by atoms with Crippen LogP contribution in [0.25, 0.3) is 20.5 Å². The van der Waals surface area contributed by atoms with E-state index in [9.17, 15) is 19.8 Å². The third-order valence-electron chi connectivity index (χ3n) is 5.38. The molecule has 0 atom stereocenters. The fourth-order valence-electron chi connectivity index (χ4n) is 3.59. The third-order valence-corrected chi connectivity index (χ3v) is 6.58. The highest BCUT2D eigenvalue weighted by molar-refractivity contribution is 7.22. The van der Waals surface area contributed by atoms with Crippen LogP contribution in [0.1, 0.15) is 35.7 Å². The number of carbonyl (C=O) groups is 2. The summed E-state index contributed by atoms with van der Waals surface area (Å²) in [6.45, 7) is 2.83. The zero-order chi connectivity index (χ0) is 24.1. The van der Waals surface area contributed by atoms with Crippen molar-refractivity contribution in [2.45, 2.75) is 19.8 Å². The van der Waals surface area contributed by atoms with Crippen molar-refractivity contribution >= 4 is 33.1 Å². The maximum Gasteiger partial charge on any atom is 0.219 e. The van der Waals surface area contributed by atoms with Gasteiger partial charge in [0, 0.05) is 39.1 Å². The van der Waals surface area contributed by atoms with Crippen molar-refractivity contribution in [3.05, 3.63) is 77.9 Å². The largest absolute Gasteiger partial charge is 0.508 e. The van der Waals surface area contributed by atoms with Crippen LogP contribution in [0.4, 0.5) is 0 Å². The van der Waals surface area contributed by atoms with E-state index in [1.54, 1.807) is 66.7 Å². The summed E-state index contributed by atoms with van der Waals surface area (Å²) in [7, 11) is 0. The van der Waals surface area contributed by atoms with Gasteiger partial charge >= 0.3 is 0 Å². The number of rotatable bonds is 9. The average Bonchev–Trinajstić information content (AvgIpc) is 3.22. The van der Waals surface area contributed by atoms with E-state index in [4.69, 9.17) is 4.74 Å². The second-order valence-corrected chi connectivity index (χ2v) is 8.84. The van der Waals surface area contributed by atoms with Gasteiger partial charge in [0.1, 0.15) is 17.2 Å². The molecule has 174 valence electrons. The number of thiophene rings is 1. The maximum atomic E-state index is 13.6. The van der Waals surface area contributed by atoms with Gasteiger partial charge in [0.15, 0.2) is 5.78 Å². The SMILES string of the molecule is CCC(=O)NCCCOc1ccc(C(=O)c2c(-c3ccc(O)cc3)sc3cc(O)ccc23)cc1. The van der Waals surface area contributed by atoms with Gasteiger partial charge in [-0.1, -0.05) is 6.92 Å². The van der Waals surface area contributed by atoms with Crippen LogP contribution in [0, 0.1) is 0 Å². The van der Waals surface area contributed by atoms with Crippen LogP contribution in [-0.2, 0) is 4.79 Å². The zero-order valence-corrected chi connectivity index (χ0v) is 19.5. The zero-order valence-electron chi connectivity index (χ0n) is 18.7. The van der Waals surface area contributed by atoms with Gasteiger partial charge in [-0.15, -0.1) is 11.3 Å². The Labute approximate surface area is 201 Å². The molecule has 34 heavy (non-hydrogen) atoms. The van der Waals surface area contributed by atoms with Crippen molar-refractivity contribution in [2.75, 3.05) is 13.2 Å². The first kappa shape index (κ1) is 23.3. The predicted octanol–water partition coefficient (Wildman–Crippen LogP) is 5.51. The molecule has 0 fully saturated rings. The molecule has 0 saturated heterocycles. The van der Waals surface area contributed by atoms with E-state index in [2.05, 4.69) is 5.32 Å². The van der Waals surface area contributed by atoms with Gasteiger partial charge in [0.25, 0.3) is 0 Å². The second kappa shape index (κ2) is 10.4. The van der Waals surface area contributed by atoms with E-state index in [0.29, 0.717) is 42.9 Å². The Morgan fingerprint density at radius 2 is 1.65 bits per heavy atom. The van der Waals surface area contributed by atoms with Gasteiger partial charge in [-0.2, -0.15) is 0 Å². The quantitative estimate of drug-likeness (QED) is 0.219. The lowest BCUT2D eigenvalue weighted by Gasteiger charge is -2.09. The van der Waals surface area contributed by atoms with Crippen molar-refractivity contribution in [2.24, 2.45) is 0 Å².